The van der Waals surface area contributed by atoms with E-state index in [4.69, 9.17) is 5.11 Å². The first-order valence-corrected chi connectivity index (χ1v) is 6.43. The summed E-state index contributed by atoms with van der Waals surface area (Å²) < 4.78 is 1.03. The second-order valence-corrected chi connectivity index (χ2v) is 5.37. The molecule has 0 aliphatic rings. The summed E-state index contributed by atoms with van der Waals surface area (Å²) in [7, 11) is 0. The molecule has 1 aromatic carbocycles. The highest BCUT2D eigenvalue weighted by Gasteiger charge is 2.13. The molecule has 15 heavy (non-hydrogen) atoms. The Hall–Kier alpha value is -0.480. The maximum Gasteiger partial charge on any atom is 0.304 e. The van der Waals surface area contributed by atoms with Crippen molar-refractivity contribution in [2.75, 3.05) is 0 Å². The zero-order valence-electron chi connectivity index (χ0n) is 8.44. The van der Waals surface area contributed by atoms with Crippen LogP contribution in [0.25, 0.3) is 0 Å². The van der Waals surface area contributed by atoms with Gasteiger partial charge in [-0.1, -0.05) is 19.1 Å². The van der Waals surface area contributed by atoms with Crippen LogP contribution in [-0.4, -0.2) is 16.3 Å². The third kappa shape index (κ3) is 4.26. The molecule has 1 atom stereocenters. The van der Waals surface area contributed by atoms with Gasteiger partial charge in [0, 0.05) is 14.6 Å². The van der Waals surface area contributed by atoms with E-state index >= 15 is 0 Å². The van der Waals surface area contributed by atoms with Gasteiger partial charge in [-0.2, -0.15) is 0 Å². The quantitative estimate of drug-likeness (QED) is 0.838. The Bertz CT molecular complexity index is 341. The lowest BCUT2D eigenvalue weighted by Gasteiger charge is -2.12. The molecule has 0 saturated heterocycles. The summed E-state index contributed by atoms with van der Waals surface area (Å²) >= 11 is 5.07. The lowest BCUT2D eigenvalue weighted by atomic mass is 10.2. The Kier molecular flexibility index (Phi) is 5.19. The molecule has 1 unspecified atom stereocenters. The van der Waals surface area contributed by atoms with E-state index in [0.717, 1.165) is 15.8 Å². The van der Waals surface area contributed by atoms with E-state index in [0.29, 0.717) is 0 Å². The van der Waals surface area contributed by atoms with Crippen LogP contribution in [0.4, 0.5) is 0 Å². The van der Waals surface area contributed by atoms with Gasteiger partial charge in [0.05, 0.1) is 6.42 Å². The van der Waals surface area contributed by atoms with Crippen molar-refractivity contribution in [3.8, 4) is 0 Å². The molecular weight excluding hydrogens is 276 g/mol. The summed E-state index contributed by atoms with van der Waals surface area (Å²) in [5, 5.41) is 8.88. The number of carboxylic acid groups (broad SMARTS) is 1. The van der Waals surface area contributed by atoms with Crippen molar-refractivity contribution in [1.82, 2.24) is 0 Å². The predicted molar refractivity (Wildman–Crippen MR) is 66.3 cm³/mol. The molecule has 0 aliphatic carbocycles. The Balaban J connectivity index is 2.66. The Morgan fingerprint density at radius 2 is 2.20 bits per heavy atom. The number of carbonyl (C=O) groups is 1. The van der Waals surface area contributed by atoms with Crippen molar-refractivity contribution >= 4 is 33.7 Å². The van der Waals surface area contributed by atoms with Gasteiger partial charge >= 0.3 is 5.97 Å². The molecule has 0 fully saturated rings. The first-order chi connectivity index (χ1) is 7.13. The molecule has 0 aliphatic heterocycles. The van der Waals surface area contributed by atoms with Gasteiger partial charge in [0.25, 0.3) is 0 Å². The molecular formula is C11H13BrO2S. The molecule has 0 radical (unpaired) electrons. The van der Waals surface area contributed by atoms with Gasteiger partial charge in [-0.15, -0.1) is 11.8 Å². The van der Waals surface area contributed by atoms with Crippen molar-refractivity contribution in [3.63, 3.8) is 0 Å². The number of aliphatic carboxylic acids is 1. The lowest BCUT2D eigenvalue weighted by Crippen LogP contribution is -2.08. The fourth-order valence-corrected chi connectivity index (χ4v) is 2.84. The molecule has 1 aromatic rings. The first-order valence-electron chi connectivity index (χ1n) is 4.76. The van der Waals surface area contributed by atoms with Crippen LogP contribution in [0.3, 0.4) is 0 Å². The average Bonchev–Trinajstić information content (AvgIpc) is 2.19. The number of thioether (sulfide) groups is 1. The summed E-state index contributed by atoms with van der Waals surface area (Å²) in [6, 6.07) is 7.88. The van der Waals surface area contributed by atoms with Gasteiger partial charge in [-0.25, -0.2) is 0 Å². The van der Waals surface area contributed by atoms with Crippen molar-refractivity contribution in [3.05, 3.63) is 28.7 Å². The zero-order valence-corrected chi connectivity index (χ0v) is 10.8. The Morgan fingerprint density at radius 1 is 1.53 bits per heavy atom. The lowest BCUT2D eigenvalue weighted by molar-refractivity contribution is -0.136. The third-order valence-electron chi connectivity index (χ3n) is 1.99. The van der Waals surface area contributed by atoms with Crippen LogP contribution in [0.1, 0.15) is 19.8 Å². The van der Waals surface area contributed by atoms with Crippen molar-refractivity contribution in [1.29, 1.82) is 0 Å². The highest BCUT2D eigenvalue weighted by Crippen LogP contribution is 2.32. The van der Waals surface area contributed by atoms with Crippen molar-refractivity contribution < 1.29 is 9.90 Å². The predicted octanol–water partition coefficient (Wildman–Crippen LogP) is 3.79. The van der Waals surface area contributed by atoms with E-state index in [-0.39, 0.29) is 11.7 Å². The maximum absolute atomic E-state index is 10.6. The fourth-order valence-electron chi connectivity index (χ4n) is 1.18. The van der Waals surface area contributed by atoms with Crippen LogP contribution >= 0.6 is 27.7 Å². The van der Waals surface area contributed by atoms with Crippen molar-refractivity contribution in [2.45, 2.75) is 29.9 Å². The molecule has 0 bridgehead atoms. The standard InChI is InChI=1S/C11H13BrO2S/c1-2-8(7-11(13)14)15-10-6-4-3-5-9(10)12/h3-6,8H,2,7H2,1H3,(H,13,14). The van der Waals surface area contributed by atoms with Gasteiger partial charge in [0.15, 0.2) is 0 Å². The Morgan fingerprint density at radius 3 is 2.73 bits per heavy atom. The largest absolute Gasteiger partial charge is 0.481 e. The van der Waals surface area contributed by atoms with Crippen LogP contribution in [0.5, 0.6) is 0 Å². The van der Waals surface area contributed by atoms with E-state index in [2.05, 4.69) is 15.9 Å². The molecule has 0 amide bonds. The summed E-state index contributed by atoms with van der Waals surface area (Å²) in [6.45, 7) is 2.01. The third-order valence-corrected chi connectivity index (χ3v) is 4.39. The van der Waals surface area contributed by atoms with Crippen LogP contribution in [-0.2, 0) is 4.79 Å². The highest BCUT2D eigenvalue weighted by atomic mass is 79.9. The van der Waals surface area contributed by atoms with Gasteiger partial charge in [0.2, 0.25) is 0 Å². The monoisotopic (exact) mass is 288 g/mol. The van der Waals surface area contributed by atoms with Crippen LogP contribution in [0.2, 0.25) is 0 Å². The van der Waals surface area contributed by atoms with Crippen LogP contribution in [0.15, 0.2) is 33.6 Å². The number of rotatable bonds is 5. The number of hydrogen-bond donors (Lipinski definition) is 1. The molecule has 2 nitrogen and oxygen atoms in total. The van der Waals surface area contributed by atoms with E-state index in [9.17, 15) is 4.79 Å². The van der Waals surface area contributed by atoms with E-state index < -0.39 is 5.97 Å². The molecule has 4 heteroatoms. The second-order valence-electron chi connectivity index (χ2n) is 3.18. The molecule has 1 N–H and O–H groups in total. The smallest absolute Gasteiger partial charge is 0.304 e. The first kappa shape index (κ1) is 12.6. The summed E-state index contributed by atoms with van der Waals surface area (Å²) in [4.78, 5) is 11.7. The van der Waals surface area contributed by atoms with Crippen LogP contribution < -0.4 is 0 Å². The van der Waals surface area contributed by atoms with E-state index in [1.54, 1.807) is 11.8 Å². The van der Waals surface area contributed by atoms with E-state index in [1.165, 1.54) is 0 Å². The number of hydrogen-bond acceptors (Lipinski definition) is 2. The number of benzene rings is 1. The van der Waals surface area contributed by atoms with Gasteiger partial charge < -0.3 is 5.11 Å². The molecule has 1 rings (SSSR count). The molecule has 0 heterocycles. The highest BCUT2D eigenvalue weighted by molar-refractivity contribution is 9.10. The number of carboxylic acids is 1. The van der Waals surface area contributed by atoms with Crippen molar-refractivity contribution in [2.24, 2.45) is 0 Å². The van der Waals surface area contributed by atoms with Crippen LogP contribution in [0, 0.1) is 0 Å². The Labute approximate surface area is 102 Å². The fraction of sp³-hybridized carbons (Fsp3) is 0.364. The minimum Gasteiger partial charge on any atom is -0.481 e. The topological polar surface area (TPSA) is 37.3 Å². The minimum absolute atomic E-state index is 0.140. The summed E-state index contributed by atoms with van der Waals surface area (Å²) in [6.07, 6.45) is 1.07. The zero-order chi connectivity index (χ0) is 11.3. The number of halogens is 1. The van der Waals surface area contributed by atoms with E-state index in [1.807, 2.05) is 31.2 Å². The average molecular weight is 289 g/mol. The second kappa shape index (κ2) is 6.18. The summed E-state index contributed by atoms with van der Waals surface area (Å²) in [5.41, 5.74) is 0. The maximum atomic E-state index is 10.6. The molecule has 0 spiro atoms. The molecule has 0 aromatic heterocycles. The minimum atomic E-state index is -0.735. The van der Waals surface area contributed by atoms with Gasteiger partial charge in [-0.3, -0.25) is 4.79 Å². The van der Waals surface area contributed by atoms with Gasteiger partial charge in [0.1, 0.15) is 0 Å². The van der Waals surface area contributed by atoms with Gasteiger partial charge in [-0.05, 0) is 34.5 Å². The summed E-state index contributed by atoms with van der Waals surface area (Å²) in [5.74, 6) is -0.735. The molecule has 82 valence electrons. The SMILES string of the molecule is CCC(CC(=O)O)Sc1ccccc1Br. The molecule has 0 saturated carbocycles. The normalized spacial score (nSPS) is 12.4.